The molecule has 3 rings (SSSR count). The number of primary sulfonamides is 1. The van der Waals surface area contributed by atoms with Crippen LogP contribution in [0.1, 0.15) is 24.2 Å². The molecule has 1 atom stereocenters. The highest BCUT2D eigenvalue weighted by Crippen LogP contribution is 2.17. The summed E-state index contributed by atoms with van der Waals surface area (Å²) in [4.78, 5) is 4.78. The maximum Gasteiger partial charge on any atom is 0.238 e. The van der Waals surface area contributed by atoms with Gasteiger partial charge in [0.15, 0.2) is 5.96 Å². The van der Waals surface area contributed by atoms with Gasteiger partial charge in [-0.3, -0.25) is 0 Å². The molecule has 10 heteroatoms. The molecular weight excluding hydrogens is 523 g/mol. The number of thioether (sulfide) groups is 1. The average molecular weight is 550 g/mol. The van der Waals surface area contributed by atoms with E-state index in [2.05, 4.69) is 15.6 Å². The van der Waals surface area contributed by atoms with Gasteiger partial charge in [0.25, 0.3) is 0 Å². The number of nitrogens with zero attached hydrogens (tertiary/aromatic N) is 1. The molecule has 0 aliphatic carbocycles. The van der Waals surface area contributed by atoms with Crippen molar-refractivity contribution in [2.24, 2.45) is 10.1 Å². The smallest absolute Gasteiger partial charge is 0.238 e. The summed E-state index contributed by atoms with van der Waals surface area (Å²) < 4.78 is 28.1. The fourth-order valence-electron chi connectivity index (χ4n) is 2.91. The van der Waals surface area contributed by atoms with Crippen LogP contribution < -0.4 is 15.8 Å². The monoisotopic (exact) mass is 550 g/mol. The van der Waals surface area contributed by atoms with Gasteiger partial charge in [0.05, 0.1) is 17.7 Å². The largest absolute Gasteiger partial charge is 0.469 e. The van der Waals surface area contributed by atoms with E-state index < -0.39 is 10.0 Å². The molecule has 4 N–H and O–H groups in total. The topological polar surface area (TPSA) is 110 Å². The summed E-state index contributed by atoms with van der Waals surface area (Å²) in [6.07, 6.45) is 4.79. The van der Waals surface area contributed by atoms with Crippen LogP contribution in [0.2, 0.25) is 0 Å². The number of hydrogen-bond donors (Lipinski definition) is 3. The quantitative estimate of drug-likeness (QED) is 0.278. The van der Waals surface area contributed by atoms with Crippen molar-refractivity contribution in [3.63, 3.8) is 0 Å². The highest BCUT2D eigenvalue weighted by Gasteiger charge is 2.15. The molecule has 1 aromatic carbocycles. The van der Waals surface area contributed by atoms with Crippen molar-refractivity contribution >= 4 is 51.7 Å². The third-order valence-electron chi connectivity index (χ3n) is 4.42. The number of hydrogen-bond acceptors (Lipinski definition) is 5. The third kappa shape index (κ3) is 8.19. The summed E-state index contributed by atoms with van der Waals surface area (Å²) >= 11 is 1.96. The van der Waals surface area contributed by atoms with Gasteiger partial charge in [-0.1, -0.05) is 12.1 Å². The number of rotatable bonds is 7. The van der Waals surface area contributed by atoms with E-state index in [1.54, 1.807) is 18.4 Å². The molecule has 0 saturated carbocycles. The molecule has 1 aromatic heterocycles. The van der Waals surface area contributed by atoms with Gasteiger partial charge in [0.1, 0.15) is 5.76 Å². The summed E-state index contributed by atoms with van der Waals surface area (Å²) in [6, 6.07) is 10.7. The Labute approximate surface area is 193 Å². The lowest BCUT2D eigenvalue weighted by molar-refractivity contribution is 0.505. The minimum atomic E-state index is -3.68. The van der Waals surface area contributed by atoms with E-state index in [1.807, 2.05) is 23.9 Å². The second kappa shape index (κ2) is 11.8. The Morgan fingerprint density at radius 2 is 2.07 bits per heavy atom. The van der Waals surface area contributed by atoms with Crippen molar-refractivity contribution in [3.05, 3.63) is 54.0 Å². The first-order chi connectivity index (χ1) is 13.5. The fourth-order valence-corrected chi connectivity index (χ4v) is 4.50. The molecule has 160 valence electrons. The zero-order valence-electron chi connectivity index (χ0n) is 16.0. The standard InChI is InChI=1S/C19H26N4O3S2.HI/c20-28(24,25)18-7-5-15(6-8-18)13-22-19(23-16-3-2-12-27-14-16)21-10-9-17-4-1-11-26-17;/h1,4-8,11,16H,2-3,9-10,12-14H2,(H2,20,24,25)(H2,21,22,23);1H. The number of guanidine groups is 1. The van der Waals surface area contributed by atoms with E-state index in [1.165, 1.54) is 24.3 Å². The van der Waals surface area contributed by atoms with Gasteiger partial charge in [-0.2, -0.15) is 11.8 Å². The van der Waals surface area contributed by atoms with Gasteiger partial charge in [0, 0.05) is 24.8 Å². The number of nitrogens with two attached hydrogens (primary N) is 1. The Morgan fingerprint density at radius 1 is 1.28 bits per heavy atom. The van der Waals surface area contributed by atoms with E-state index in [0.717, 1.165) is 35.9 Å². The molecule has 1 aliphatic heterocycles. The van der Waals surface area contributed by atoms with Crippen molar-refractivity contribution in [2.75, 3.05) is 18.1 Å². The molecule has 0 radical (unpaired) electrons. The Balaban J connectivity index is 0.00000300. The number of furan rings is 1. The summed E-state index contributed by atoms with van der Waals surface area (Å²) in [5.74, 6) is 3.97. The summed E-state index contributed by atoms with van der Waals surface area (Å²) in [6.45, 7) is 1.16. The van der Waals surface area contributed by atoms with Crippen LogP contribution >= 0.6 is 35.7 Å². The molecule has 0 bridgehead atoms. The van der Waals surface area contributed by atoms with Crippen molar-refractivity contribution in [1.82, 2.24) is 10.6 Å². The first-order valence-electron chi connectivity index (χ1n) is 9.27. The Kier molecular flexibility index (Phi) is 9.80. The van der Waals surface area contributed by atoms with Crippen LogP contribution in [-0.4, -0.2) is 38.5 Å². The molecule has 7 nitrogen and oxygen atoms in total. The van der Waals surface area contributed by atoms with E-state index in [9.17, 15) is 8.42 Å². The van der Waals surface area contributed by atoms with E-state index in [4.69, 9.17) is 9.56 Å². The molecule has 2 aromatic rings. The minimum absolute atomic E-state index is 0. The molecule has 29 heavy (non-hydrogen) atoms. The fraction of sp³-hybridized carbons (Fsp3) is 0.421. The van der Waals surface area contributed by atoms with E-state index in [0.29, 0.717) is 19.1 Å². The lowest BCUT2D eigenvalue weighted by Gasteiger charge is -2.24. The van der Waals surface area contributed by atoms with Crippen LogP contribution in [0.15, 0.2) is 57.0 Å². The number of aliphatic imine (C=N–C) groups is 1. The summed E-state index contributed by atoms with van der Waals surface area (Å²) in [5, 5.41) is 12.0. The number of nitrogens with one attached hydrogen (secondary N) is 2. The molecule has 1 fully saturated rings. The zero-order valence-corrected chi connectivity index (χ0v) is 20.0. The number of halogens is 1. The molecule has 1 saturated heterocycles. The zero-order chi connectivity index (χ0) is 19.8. The van der Waals surface area contributed by atoms with Crippen LogP contribution in [-0.2, 0) is 23.0 Å². The van der Waals surface area contributed by atoms with Crippen molar-refractivity contribution in [1.29, 1.82) is 0 Å². The van der Waals surface area contributed by atoms with Gasteiger partial charge in [-0.05, 0) is 48.4 Å². The summed E-state index contributed by atoms with van der Waals surface area (Å²) in [5.41, 5.74) is 0.914. The summed E-state index contributed by atoms with van der Waals surface area (Å²) in [7, 11) is -3.68. The predicted octanol–water partition coefficient (Wildman–Crippen LogP) is 2.72. The SMILES string of the molecule is I.NS(=O)(=O)c1ccc(CN=C(NCCc2ccco2)NC2CCCSC2)cc1. The maximum atomic E-state index is 11.4. The number of sulfonamides is 1. The first kappa shape index (κ1) is 24.0. The molecular formula is C19H27IN4O3S2. The molecule has 0 amide bonds. The molecule has 0 spiro atoms. The van der Waals surface area contributed by atoms with Crippen LogP contribution in [0.25, 0.3) is 0 Å². The third-order valence-corrected chi connectivity index (χ3v) is 6.56. The van der Waals surface area contributed by atoms with Gasteiger partial charge in [0.2, 0.25) is 10.0 Å². The van der Waals surface area contributed by atoms with Crippen LogP contribution in [0.4, 0.5) is 0 Å². The highest BCUT2D eigenvalue weighted by molar-refractivity contribution is 14.0. The van der Waals surface area contributed by atoms with E-state index in [-0.39, 0.29) is 28.9 Å². The molecule has 1 unspecified atom stereocenters. The van der Waals surface area contributed by atoms with Gasteiger partial charge < -0.3 is 15.1 Å². The highest BCUT2D eigenvalue weighted by atomic mass is 127. The van der Waals surface area contributed by atoms with Crippen LogP contribution in [0.5, 0.6) is 0 Å². The lowest BCUT2D eigenvalue weighted by Crippen LogP contribution is -2.46. The Bertz CT molecular complexity index is 865. The maximum absolute atomic E-state index is 11.4. The lowest BCUT2D eigenvalue weighted by atomic mass is 10.2. The van der Waals surface area contributed by atoms with Crippen molar-refractivity contribution in [2.45, 2.75) is 36.7 Å². The van der Waals surface area contributed by atoms with Crippen LogP contribution in [0.3, 0.4) is 0 Å². The second-order valence-corrected chi connectivity index (χ2v) is 9.38. The Morgan fingerprint density at radius 3 is 2.69 bits per heavy atom. The normalized spacial score (nSPS) is 17.4. The first-order valence-corrected chi connectivity index (χ1v) is 12.0. The van der Waals surface area contributed by atoms with Gasteiger partial charge >= 0.3 is 0 Å². The number of benzene rings is 1. The predicted molar refractivity (Wildman–Crippen MR) is 128 cm³/mol. The minimum Gasteiger partial charge on any atom is -0.469 e. The van der Waals surface area contributed by atoms with E-state index >= 15 is 0 Å². The van der Waals surface area contributed by atoms with Crippen molar-refractivity contribution < 1.29 is 12.8 Å². The second-order valence-electron chi connectivity index (χ2n) is 6.67. The van der Waals surface area contributed by atoms with Gasteiger partial charge in [-0.15, -0.1) is 24.0 Å². The average Bonchev–Trinajstić information content (AvgIpc) is 3.20. The van der Waals surface area contributed by atoms with Gasteiger partial charge in [-0.25, -0.2) is 18.5 Å². The van der Waals surface area contributed by atoms with Crippen molar-refractivity contribution in [3.8, 4) is 0 Å². The van der Waals surface area contributed by atoms with Crippen LogP contribution in [0, 0.1) is 0 Å². The molecule has 1 aliphatic rings. The molecule has 2 heterocycles. The Hall–Kier alpha value is -1.24.